The number of carbonyl (C=O) groups is 2. The van der Waals surface area contributed by atoms with Crippen LogP contribution >= 0.6 is 0 Å². The second-order valence-electron chi connectivity index (χ2n) is 4.80. The summed E-state index contributed by atoms with van der Waals surface area (Å²) in [5.74, 6) is -2.95. The van der Waals surface area contributed by atoms with Crippen molar-refractivity contribution in [2.75, 3.05) is 26.4 Å². The lowest BCUT2D eigenvalue weighted by Gasteiger charge is -2.31. The van der Waals surface area contributed by atoms with Crippen LogP contribution in [0.25, 0.3) is 0 Å². The van der Waals surface area contributed by atoms with Crippen LogP contribution in [0.3, 0.4) is 0 Å². The summed E-state index contributed by atoms with van der Waals surface area (Å²) in [6.07, 6.45) is -13.3. The van der Waals surface area contributed by atoms with Crippen LogP contribution in [-0.2, 0) is 23.8 Å². The third-order valence-electron chi connectivity index (χ3n) is 2.72. The first-order valence-corrected chi connectivity index (χ1v) is 6.81. The third kappa shape index (κ3) is 7.04. The highest BCUT2D eigenvalue weighted by atomic mass is 19.4. The molecule has 0 aromatic heterocycles. The van der Waals surface area contributed by atoms with Crippen molar-refractivity contribution < 1.29 is 55.2 Å². The van der Waals surface area contributed by atoms with Crippen LogP contribution in [0.15, 0.2) is 24.8 Å². The molecule has 0 bridgehead atoms. The van der Waals surface area contributed by atoms with Gasteiger partial charge in [0.05, 0.1) is 25.2 Å². The number of aliphatic hydroxyl groups is 1. The maximum Gasteiger partial charge on any atom is 0.426 e. The number of halogens is 6. The van der Waals surface area contributed by atoms with E-state index >= 15 is 0 Å². The molecule has 150 valence electrons. The predicted molar refractivity (Wildman–Crippen MR) is 73.8 cm³/mol. The minimum atomic E-state index is -6.14. The van der Waals surface area contributed by atoms with E-state index in [9.17, 15) is 35.9 Å². The fraction of sp³-hybridized carbons (Fsp3) is 0.571. The zero-order valence-electron chi connectivity index (χ0n) is 13.3. The Morgan fingerprint density at radius 1 is 1.00 bits per heavy atom. The van der Waals surface area contributed by atoms with Gasteiger partial charge in [-0.2, -0.15) is 26.3 Å². The standard InChI is InChI=1S/C14H16F6O6/c1-3-4-24-8-9(2)11(22)26-6-5-25-10(21)7-12(23,13(15,16)17)14(18,19)20/h3,23H,1-2,4-8H2. The highest BCUT2D eigenvalue weighted by Gasteiger charge is 2.71. The van der Waals surface area contributed by atoms with Gasteiger partial charge in [-0.3, -0.25) is 4.79 Å². The Labute approximate surface area is 144 Å². The van der Waals surface area contributed by atoms with Gasteiger partial charge >= 0.3 is 24.3 Å². The molecule has 0 amide bonds. The van der Waals surface area contributed by atoms with Crippen molar-refractivity contribution in [1.29, 1.82) is 0 Å². The number of ether oxygens (including phenoxy) is 3. The zero-order chi connectivity index (χ0) is 20.6. The van der Waals surface area contributed by atoms with E-state index in [1.54, 1.807) is 0 Å². The van der Waals surface area contributed by atoms with Gasteiger partial charge in [-0.25, -0.2) is 4.79 Å². The first-order valence-electron chi connectivity index (χ1n) is 6.81. The smallest absolute Gasteiger partial charge is 0.426 e. The molecular weight excluding hydrogens is 378 g/mol. The average molecular weight is 394 g/mol. The van der Waals surface area contributed by atoms with Crippen LogP contribution in [0.1, 0.15) is 6.42 Å². The summed E-state index contributed by atoms with van der Waals surface area (Å²) in [5, 5.41) is 8.81. The lowest BCUT2D eigenvalue weighted by Crippen LogP contribution is -2.58. The molecule has 0 saturated carbocycles. The van der Waals surface area contributed by atoms with E-state index in [1.165, 1.54) is 6.08 Å². The summed E-state index contributed by atoms with van der Waals surface area (Å²) in [6, 6.07) is 0. The molecule has 0 aliphatic heterocycles. The average Bonchev–Trinajstić information content (AvgIpc) is 2.49. The van der Waals surface area contributed by atoms with E-state index < -0.39 is 49.5 Å². The van der Waals surface area contributed by atoms with Gasteiger partial charge in [0, 0.05) is 0 Å². The Morgan fingerprint density at radius 3 is 1.96 bits per heavy atom. The molecule has 12 heteroatoms. The molecule has 1 N–H and O–H groups in total. The highest BCUT2D eigenvalue weighted by Crippen LogP contribution is 2.45. The SMILES string of the molecule is C=CCOCC(=C)C(=O)OCCOC(=O)CC(O)(C(F)(F)F)C(F)(F)F. The zero-order valence-corrected chi connectivity index (χ0v) is 13.3. The second kappa shape index (κ2) is 9.57. The minimum absolute atomic E-state index is 0.123. The molecule has 6 nitrogen and oxygen atoms in total. The summed E-state index contributed by atoms with van der Waals surface area (Å²) in [6.45, 7) is 5.13. The van der Waals surface area contributed by atoms with Crippen molar-refractivity contribution >= 4 is 11.9 Å². The van der Waals surface area contributed by atoms with Gasteiger partial charge in [0.2, 0.25) is 0 Å². The summed E-state index contributed by atoms with van der Waals surface area (Å²) in [4.78, 5) is 22.5. The van der Waals surface area contributed by atoms with Crippen molar-refractivity contribution in [1.82, 2.24) is 0 Å². The topological polar surface area (TPSA) is 82.1 Å². The largest absolute Gasteiger partial charge is 0.462 e. The Balaban J connectivity index is 4.40. The van der Waals surface area contributed by atoms with Gasteiger partial charge in [0.15, 0.2) is 0 Å². The number of alkyl halides is 6. The van der Waals surface area contributed by atoms with E-state index in [4.69, 9.17) is 9.84 Å². The number of rotatable bonds is 10. The van der Waals surface area contributed by atoms with E-state index in [2.05, 4.69) is 22.6 Å². The van der Waals surface area contributed by atoms with Crippen molar-refractivity contribution in [2.24, 2.45) is 0 Å². The van der Waals surface area contributed by atoms with Crippen LogP contribution in [0.2, 0.25) is 0 Å². The Morgan fingerprint density at radius 2 is 1.50 bits per heavy atom. The number of hydrogen-bond donors (Lipinski definition) is 1. The molecule has 0 atom stereocenters. The molecule has 0 aliphatic carbocycles. The van der Waals surface area contributed by atoms with E-state index in [0.29, 0.717) is 0 Å². The fourth-order valence-corrected chi connectivity index (χ4v) is 1.34. The molecule has 0 spiro atoms. The van der Waals surface area contributed by atoms with Gasteiger partial charge in [-0.15, -0.1) is 6.58 Å². The van der Waals surface area contributed by atoms with Gasteiger partial charge in [0.25, 0.3) is 5.60 Å². The summed E-state index contributed by atoms with van der Waals surface area (Å²) >= 11 is 0. The maximum atomic E-state index is 12.4. The van der Waals surface area contributed by atoms with Gasteiger partial charge < -0.3 is 19.3 Å². The molecular formula is C14H16F6O6. The van der Waals surface area contributed by atoms with E-state index in [-0.39, 0.29) is 18.8 Å². The number of hydrogen-bond acceptors (Lipinski definition) is 6. The Kier molecular flexibility index (Phi) is 8.81. The van der Waals surface area contributed by atoms with Gasteiger partial charge in [0.1, 0.15) is 13.2 Å². The maximum absolute atomic E-state index is 12.4. The van der Waals surface area contributed by atoms with Crippen LogP contribution in [-0.4, -0.2) is 61.4 Å². The second-order valence-corrected chi connectivity index (χ2v) is 4.80. The molecule has 0 saturated heterocycles. The molecule has 0 heterocycles. The van der Waals surface area contributed by atoms with Crippen LogP contribution < -0.4 is 0 Å². The lowest BCUT2D eigenvalue weighted by atomic mass is 9.98. The molecule has 26 heavy (non-hydrogen) atoms. The molecule has 0 aliphatic rings. The molecule has 0 rings (SSSR count). The van der Waals surface area contributed by atoms with Crippen molar-refractivity contribution in [3.63, 3.8) is 0 Å². The van der Waals surface area contributed by atoms with Crippen LogP contribution in [0, 0.1) is 0 Å². The van der Waals surface area contributed by atoms with Crippen LogP contribution in [0.5, 0.6) is 0 Å². The van der Waals surface area contributed by atoms with E-state index in [1.807, 2.05) is 0 Å². The van der Waals surface area contributed by atoms with Gasteiger partial charge in [-0.1, -0.05) is 12.7 Å². The number of esters is 2. The summed E-state index contributed by atoms with van der Waals surface area (Å²) < 4.78 is 87.9. The number of carbonyl (C=O) groups excluding carboxylic acids is 2. The molecule has 0 aromatic carbocycles. The van der Waals surface area contributed by atoms with Gasteiger partial charge in [-0.05, 0) is 0 Å². The quantitative estimate of drug-likeness (QED) is 0.201. The summed E-state index contributed by atoms with van der Waals surface area (Å²) in [5.41, 5.74) is -5.37. The monoisotopic (exact) mass is 394 g/mol. The fourth-order valence-electron chi connectivity index (χ4n) is 1.34. The lowest BCUT2D eigenvalue weighted by molar-refractivity contribution is -0.368. The van der Waals surface area contributed by atoms with Crippen molar-refractivity contribution in [3.8, 4) is 0 Å². The molecule has 0 aromatic rings. The van der Waals surface area contributed by atoms with Crippen molar-refractivity contribution in [2.45, 2.75) is 24.4 Å². The first-order chi connectivity index (χ1) is 11.8. The third-order valence-corrected chi connectivity index (χ3v) is 2.72. The summed E-state index contributed by atoms with van der Waals surface area (Å²) in [7, 11) is 0. The molecule has 0 fully saturated rings. The Hall–Kier alpha value is -2.08. The minimum Gasteiger partial charge on any atom is -0.462 e. The highest BCUT2D eigenvalue weighted by molar-refractivity contribution is 5.87. The molecule has 0 unspecified atom stereocenters. The van der Waals surface area contributed by atoms with Crippen LogP contribution in [0.4, 0.5) is 26.3 Å². The first kappa shape index (κ1) is 23.9. The normalized spacial score (nSPS) is 12.4. The van der Waals surface area contributed by atoms with E-state index in [0.717, 1.165) is 0 Å². The Bertz CT molecular complexity index is 511. The predicted octanol–water partition coefficient (Wildman–Crippen LogP) is 2.08. The molecule has 0 radical (unpaired) electrons. The van der Waals surface area contributed by atoms with Crippen molar-refractivity contribution in [3.05, 3.63) is 24.8 Å².